The van der Waals surface area contributed by atoms with Crippen molar-refractivity contribution in [2.24, 2.45) is 0 Å². The Bertz CT molecular complexity index is 718. The highest BCUT2D eigenvalue weighted by Gasteiger charge is 2.31. The van der Waals surface area contributed by atoms with Crippen LogP contribution in [0.15, 0.2) is 24.3 Å². The Labute approximate surface area is 131 Å². The largest absolute Gasteiger partial charge is 0.416 e. The van der Waals surface area contributed by atoms with Crippen molar-refractivity contribution in [2.45, 2.75) is 25.2 Å². The van der Waals surface area contributed by atoms with Gasteiger partial charge < -0.3 is 14.8 Å². The molecule has 23 heavy (non-hydrogen) atoms. The Morgan fingerprint density at radius 2 is 2.04 bits per heavy atom. The second-order valence-electron chi connectivity index (χ2n) is 5.60. The monoisotopic (exact) mass is 326 g/mol. The molecule has 124 valence electrons. The van der Waals surface area contributed by atoms with Crippen LogP contribution in [0.4, 0.5) is 18.9 Å². The van der Waals surface area contributed by atoms with E-state index in [1.807, 2.05) is 6.07 Å². The molecule has 1 fully saturated rings. The first-order chi connectivity index (χ1) is 10.9. The molecule has 0 amide bonds. The fraction of sp³-hybridized carbons (Fsp3) is 0.438. The summed E-state index contributed by atoms with van der Waals surface area (Å²) < 4.78 is 49.3. The number of fused-ring (bicyclic) bond motifs is 1. The highest BCUT2D eigenvalue weighted by atomic mass is 19.4. The number of benzene rings is 1. The molecule has 3 rings (SSSR count). The number of aryl methyl sites for hydroxylation is 1. The first-order valence-corrected chi connectivity index (χ1v) is 7.24. The Hall–Kier alpha value is -1.86. The maximum Gasteiger partial charge on any atom is 0.416 e. The Kier molecular flexibility index (Phi) is 4.16. The third-order valence-electron chi connectivity index (χ3n) is 3.94. The number of hydrogen-bond donors (Lipinski definition) is 1. The van der Waals surface area contributed by atoms with Gasteiger partial charge in [-0.25, -0.2) is 0 Å². The highest BCUT2D eigenvalue weighted by molar-refractivity contribution is 5.92. The number of anilines is 1. The van der Waals surface area contributed by atoms with E-state index < -0.39 is 11.7 Å². The number of halogens is 3. The zero-order valence-corrected chi connectivity index (χ0v) is 12.8. The molecule has 2 aromatic rings. The number of nitrogens with zero attached hydrogens (tertiary/aromatic N) is 1. The number of rotatable bonds is 3. The second kappa shape index (κ2) is 5.98. The van der Waals surface area contributed by atoms with Crippen molar-refractivity contribution >= 4 is 16.6 Å². The van der Waals surface area contributed by atoms with Crippen LogP contribution in [0.3, 0.4) is 0 Å². The number of aromatic nitrogens is 1. The molecule has 4 nitrogen and oxygen atoms in total. The molecular weight excluding hydrogens is 309 g/mol. The highest BCUT2D eigenvalue weighted by Crippen LogP contribution is 2.33. The lowest BCUT2D eigenvalue weighted by atomic mass is 10.1. The summed E-state index contributed by atoms with van der Waals surface area (Å²) in [4.78, 5) is 4.22. The third-order valence-corrected chi connectivity index (χ3v) is 3.94. The Morgan fingerprint density at radius 3 is 2.74 bits per heavy atom. The van der Waals surface area contributed by atoms with E-state index in [0.717, 1.165) is 17.8 Å². The average molecular weight is 326 g/mol. The predicted octanol–water partition coefficient (Wildman–Crippen LogP) is 3.39. The molecule has 0 bridgehead atoms. The quantitative estimate of drug-likeness (QED) is 0.939. The number of nitrogens with one attached hydrogen (secondary N) is 1. The molecule has 1 aromatic carbocycles. The number of pyridine rings is 1. The molecule has 7 heteroatoms. The van der Waals surface area contributed by atoms with Crippen LogP contribution >= 0.6 is 0 Å². The summed E-state index contributed by atoms with van der Waals surface area (Å²) in [5.41, 5.74) is 0.995. The van der Waals surface area contributed by atoms with E-state index in [0.29, 0.717) is 29.8 Å². The first kappa shape index (κ1) is 16.0. The van der Waals surface area contributed by atoms with Gasteiger partial charge in [-0.3, -0.25) is 4.98 Å². The van der Waals surface area contributed by atoms with Crippen LogP contribution in [0, 0.1) is 6.92 Å². The SMILES string of the molecule is CO[C@H]1COC[C@@H]1Nc1cc(C)nc2cc(C(F)(F)F)ccc12. The molecule has 1 aliphatic heterocycles. The van der Waals surface area contributed by atoms with Gasteiger partial charge in [0.05, 0.1) is 30.3 Å². The zero-order chi connectivity index (χ0) is 16.6. The van der Waals surface area contributed by atoms with Crippen LogP contribution in [0.5, 0.6) is 0 Å². The summed E-state index contributed by atoms with van der Waals surface area (Å²) >= 11 is 0. The fourth-order valence-corrected chi connectivity index (χ4v) is 2.76. The maximum absolute atomic E-state index is 12.9. The van der Waals surface area contributed by atoms with Gasteiger partial charge >= 0.3 is 6.18 Å². The van der Waals surface area contributed by atoms with Crippen molar-refractivity contribution in [1.82, 2.24) is 4.98 Å². The van der Waals surface area contributed by atoms with E-state index in [1.54, 1.807) is 14.0 Å². The van der Waals surface area contributed by atoms with Crippen LogP contribution in [-0.4, -0.2) is 37.5 Å². The molecule has 1 aliphatic rings. The molecule has 0 spiro atoms. The van der Waals surface area contributed by atoms with Crippen molar-refractivity contribution < 1.29 is 22.6 Å². The number of alkyl halides is 3. The molecule has 0 saturated carbocycles. The molecule has 2 heterocycles. The summed E-state index contributed by atoms with van der Waals surface area (Å²) in [5.74, 6) is 0. The molecule has 1 aromatic heterocycles. The van der Waals surface area contributed by atoms with E-state index in [4.69, 9.17) is 9.47 Å². The van der Waals surface area contributed by atoms with Crippen molar-refractivity contribution in [3.8, 4) is 0 Å². The van der Waals surface area contributed by atoms with E-state index >= 15 is 0 Å². The zero-order valence-electron chi connectivity index (χ0n) is 12.8. The smallest absolute Gasteiger partial charge is 0.377 e. The summed E-state index contributed by atoms with van der Waals surface area (Å²) in [7, 11) is 1.61. The molecular formula is C16H17F3N2O2. The molecule has 1 saturated heterocycles. The molecule has 0 aliphatic carbocycles. The lowest BCUT2D eigenvalue weighted by molar-refractivity contribution is -0.137. The van der Waals surface area contributed by atoms with E-state index in [1.165, 1.54) is 6.07 Å². The predicted molar refractivity (Wildman–Crippen MR) is 80.5 cm³/mol. The van der Waals surface area contributed by atoms with Crippen LogP contribution in [0.25, 0.3) is 10.9 Å². The van der Waals surface area contributed by atoms with Gasteiger partial charge in [-0.05, 0) is 25.1 Å². The lowest BCUT2D eigenvalue weighted by Crippen LogP contribution is -2.33. The van der Waals surface area contributed by atoms with Gasteiger partial charge in [0.15, 0.2) is 0 Å². The first-order valence-electron chi connectivity index (χ1n) is 7.24. The maximum atomic E-state index is 12.9. The van der Waals surface area contributed by atoms with Crippen LogP contribution in [-0.2, 0) is 15.7 Å². The van der Waals surface area contributed by atoms with Crippen molar-refractivity contribution in [1.29, 1.82) is 0 Å². The minimum atomic E-state index is -4.38. The average Bonchev–Trinajstić information content (AvgIpc) is 2.92. The molecule has 0 unspecified atom stereocenters. The Morgan fingerprint density at radius 1 is 1.26 bits per heavy atom. The van der Waals surface area contributed by atoms with E-state index in [-0.39, 0.29) is 12.1 Å². The minimum Gasteiger partial charge on any atom is -0.377 e. The molecule has 1 N–H and O–H groups in total. The van der Waals surface area contributed by atoms with Gasteiger partial charge in [-0.15, -0.1) is 0 Å². The summed E-state index contributed by atoms with van der Waals surface area (Å²) in [6.07, 6.45) is -4.47. The molecule has 0 radical (unpaired) electrons. The number of hydrogen-bond acceptors (Lipinski definition) is 4. The minimum absolute atomic E-state index is 0.0488. The van der Waals surface area contributed by atoms with Crippen molar-refractivity contribution in [2.75, 3.05) is 25.6 Å². The fourth-order valence-electron chi connectivity index (χ4n) is 2.76. The second-order valence-corrected chi connectivity index (χ2v) is 5.60. The van der Waals surface area contributed by atoms with Gasteiger partial charge in [0.2, 0.25) is 0 Å². The standard InChI is InChI=1S/C16H17F3N2O2/c1-9-5-12(21-14-7-23-8-15(14)22-2)11-4-3-10(16(17,18)19)6-13(11)20-9/h3-6,14-15H,7-8H2,1-2H3,(H,20,21)/t14-,15-/m0/s1. The lowest BCUT2D eigenvalue weighted by Gasteiger charge is -2.20. The molecule has 2 atom stereocenters. The van der Waals surface area contributed by atoms with Crippen LogP contribution in [0.2, 0.25) is 0 Å². The summed E-state index contributed by atoms with van der Waals surface area (Å²) in [5, 5.41) is 3.96. The van der Waals surface area contributed by atoms with Gasteiger partial charge in [-0.2, -0.15) is 13.2 Å². The number of methoxy groups -OCH3 is 1. The third kappa shape index (κ3) is 3.25. The number of ether oxygens (including phenoxy) is 2. The normalized spacial score (nSPS) is 21.8. The van der Waals surface area contributed by atoms with Crippen molar-refractivity contribution in [3.63, 3.8) is 0 Å². The Balaban J connectivity index is 2.00. The van der Waals surface area contributed by atoms with Gasteiger partial charge in [0.25, 0.3) is 0 Å². The van der Waals surface area contributed by atoms with Crippen molar-refractivity contribution in [3.05, 3.63) is 35.5 Å². The van der Waals surface area contributed by atoms with Crippen LogP contribution < -0.4 is 5.32 Å². The van der Waals surface area contributed by atoms with Gasteiger partial charge in [-0.1, -0.05) is 6.07 Å². The topological polar surface area (TPSA) is 43.4 Å². The summed E-state index contributed by atoms with van der Waals surface area (Å²) in [6.45, 7) is 2.74. The van der Waals surface area contributed by atoms with E-state index in [9.17, 15) is 13.2 Å². The van der Waals surface area contributed by atoms with Crippen LogP contribution in [0.1, 0.15) is 11.3 Å². The van der Waals surface area contributed by atoms with Gasteiger partial charge in [0, 0.05) is 23.9 Å². The summed E-state index contributed by atoms with van der Waals surface area (Å²) in [6, 6.07) is 5.37. The van der Waals surface area contributed by atoms with Gasteiger partial charge in [0.1, 0.15) is 6.10 Å². The van der Waals surface area contributed by atoms with E-state index in [2.05, 4.69) is 10.3 Å².